The summed E-state index contributed by atoms with van der Waals surface area (Å²) >= 11 is 3.12. The lowest BCUT2D eigenvalue weighted by atomic mass is 10.3. The van der Waals surface area contributed by atoms with E-state index in [4.69, 9.17) is 0 Å². The molecule has 1 amide bonds. The molecule has 5 heteroatoms. The molecule has 0 aromatic heterocycles. The minimum atomic E-state index is -0.568. The summed E-state index contributed by atoms with van der Waals surface area (Å²) in [5.41, 5.74) is 0. The van der Waals surface area contributed by atoms with E-state index in [1.54, 1.807) is 6.92 Å². The van der Waals surface area contributed by atoms with E-state index in [1.165, 1.54) is 7.11 Å². The van der Waals surface area contributed by atoms with E-state index in [2.05, 4.69) is 26.0 Å². The summed E-state index contributed by atoms with van der Waals surface area (Å²) in [5.74, 6) is -0.595. The van der Waals surface area contributed by atoms with E-state index in [0.717, 1.165) is 0 Å². The molecule has 0 radical (unpaired) electrons. The highest BCUT2D eigenvalue weighted by Gasteiger charge is 2.14. The van der Waals surface area contributed by atoms with E-state index >= 15 is 0 Å². The lowest BCUT2D eigenvalue weighted by Crippen LogP contribution is -2.39. The zero-order valence-corrected chi connectivity index (χ0v) is 8.68. The molecule has 0 aromatic carbocycles. The van der Waals surface area contributed by atoms with Gasteiger partial charge in [0.25, 0.3) is 0 Å². The number of carbonyl (C=O) groups excluding carboxylic acids is 2. The number of nitrogens with one attached hydrogen (secondary N) is 1. The molecule has 12 heavy (non-hydrogen) atoms. The summed E-state index contributed by atoms with van der Waals surface area (Å²) in [6.07, 6.45) is 0.362. The van der Waals surface area contributed by atoms with Crippen molar-refractivity contribution in [2.75, 3.05) is 12.4 Å². The number of esters is 1. The number of amides is 1. The first kappa shape index (κ1) is 11.4. The Bertz CT molecular complexity index is 172. The van der Waals surface area contributed by atoms with Crippen molar-refractivity contribution in [1.29, 1.82) is 0 Å². The fourth-order valence-corrected chi connectivity index (χ4v) is 0.995. The summed E-state index contributed by atoms with van der Waals surface area (Å²) in [5, 5.41) is 3.08. The fraction of sp³-hybridized carbons (Fsp3) is 0.714. The Morgan fingerprint density at radius 1 is 1.58 bits per heavy atom. The first-order valence-corrected chi connectivity index (χ1v) is 4.67. The van der Waals surface area contributed by atoms with Crippen LogP contribution in [-0.2, 0) is 14.3 Å². The smallest absolute Gasteiger partial charge is 0.328 e. The fourth-order valence-electron chi connectivity index (χ4n) is 0.635. The van der Waals surface area contributed by atoms with Gasteiger partial charge < -0.3 is 10.1 Å². The van der Waals surface area contributed by atoms with Gasteiger partial charge in [0.2, 0.25) is 5.91 Å². The average Bonchev–Trinajstić information content (AvgIpc) is 2.03. The van der Waals surface area contributed by atoms with Crippen molar-refractivity contribution >= 4 is 27.8 Å². The Kier molecular flexibility index (Phi) is 5.70. The van der Waals surface area contributed by atoms with Gasteiger partial charge in [-0.2, -0.15) is 0 Å². The third kappa shape index (κ3) is 4.33. The number of hydrogen-bond acceptors (Lipinski definition) is 3. The first-order chi connectivity index (χ1) is 5.61. The van der Waals surface area contributed by atoms with Crippen LogP contribution in [-0.4, -0.2) is 30.4 Å². The Morgan fingerprint density at radius 3 is 2.58 bits per heavy atom. The molecule has 0 bridgehead atoms. The van der Waals surface area contributed by atoms with Crippen molar-refractivity contribution < 1.29 is 14.3 Å². The molecule has 0 heterocycles. The van der Waals surface area contributed by atoms with Crippen LogP contribution in [0.15, 0.2) is 0 Å². The Labute approximate surface area is 79.8 Å². The van der Waals surface area contributed by atoms with Crippen molar-refractivity contribution in [3.8, 4) is 0 Å². The summed E-state index contributed by atoms with van der Waals surface area (Å²) in [4.78, 5) is 21.7. The van der Waals surface area contributed by atoms with Crippen molar-refractivity contribution in [2.45, 2.75) is 19.4 Å². The highest BCUT2D eigenvalue weighted by Crippen LogP contribution is 1.90. The van der Waals surface area contributed by atoms with Crippen molar-refractivity contribution in [3.63, 3.8) is 0 Å². The molecule has 70 valence electrons. The topological polar surface area (TPSA) is 55.4 Å². The lowest BCUT2D eigenvalue weighted by Gasteiger charge is -2.10. The third-order valence-electron chi connectivity index (χ3n) is 1.25. The minimum Gasteiger partial charge on any atom is -0.467 e. The van der Waals surface area contributed by atoms with Crippen molar-refractivity contribution in [2.24, 2.45) is 0 Å². The van der Waals surface area contributed by atoms with E-state index in [0.29, 0.717) is 11.8 Å². The van der Waals surface area contributed by atoms with Gasteiger partial charge >= 0.3 is 5.97 Å². The van der Waals surface area contributed by atoms with Crippen LogP contribution in [0.2, 0.25) is 0 Å². The molecule has 0 aliphatic rings. The second-order valence-corrected chi connectivity index (χ2v) is 3.04. The van der Waals surface area contributed by atoms with Crippen molar-refractivity contribution in [1.82, 2.24) is 5.32 Å². The van der Waals surface area contributed by atoms with Gasteiger partial charge in [0.05, 0.1) is 7.11 Å². The molecule has 0 aliphatic carbocycles. The molecule has 1 unspecified atom stereocenters. The summed E-state index contributed by atoms with van der Waals surface area (Å²) < 4.78 is 4.43. The van der Waals surface area contributed by atoms with Gasteiger partial charge in [-0.25, -0.2) is 4.79 Å². The molecule has 0 aromatic rings. The maximum Gasteiger partial charge on any atom is 0.328 e. The molecular formula is C7H12BrNO3. The van der Waals surface area contributed by atoms with Gasteiger partial charge in [-0.3, -0.25) is 4.79 Å². The van der Waals surface area contributed by atoms with Gasteiger partial charge in [0.15, 0.2) is 0 Å². The number of methoxy groups -OCH3 is 1. The molecular weight excluding hydrogens is 226 g/mol. The van der Waals surface area contributed by atoms with Crippen LogP contribution < -0.4 is 5.32 Å². The van der Waals surface area contributed by atoms with Crippen molar-refractivity contribution in [3.05, 3.63) is 0 Å². The second-order valence-electron chi connectivity index (χ2n) is 2.25. The minimum absolute atomic E-state index is 0.162. The maximum absolute atomic E-state index is 10.9. The predicted octanol–water partition coefficient (Wildman–Crippen LogP) is 0.449. The van der Waals surface area contributed by atoms with Gasteiger partial charge in [-0.1, -0.05) is 15.9 Å². The van der Waals surface area contributed by atoms with Crippen LogP contribution in [0.25, 0.3) is 0 Å². The monoisotopic (exact) mass is 237 g/mol. The number of halogens is 1. The number of alkyl halides is 1. The number of rotatable bonds is 4. The van der Waals surface area contributed by atoms with Crippen LogP contribution in [0.1, 0.15) is 13.3 Å². The number of carbonyl (C=O) groups is 2. The number of hydrogen-bond donors (Lipinski definition) is 1. The highest BCUT2D eigenvalue weighted by atomic mass is 79.9. The zero-order valence-electron chi connectivity index (χ0n) is 7.09. The first-order valence-electron chi connectivity index (χ1n) is 3.55. The average molecular weight is 238 g/mol. The largest absolute Gasteiger partial charge is 0.467 e. The molecule has 1 atom stereocenters. The summed E-state index contributed by atoms with van der Waals surface area (Å²) in [6, 6.07) is -0.568. The maximum atomic E-state index is 10.9. The molecule has 0 aliphatic heterocycles. The van der Waals surface area contributed by atoms with Gasteiger partial charge in [-0.05, 0) is 6.92 Å². The van der Waals surface area contributed by atoms with Gasteiger partial charge in [0, 0.05) is 11.8 Å². The molecule has 1 N–H and O–H groups in total. The van der Waals surface area contributed by atoms with Gasteiger partial charge in [-0.15, -0.1) is 0 Å². The second kappa shape index (κ2) is 5.99. The van der Waals surface area contributed by atoms with Crippen LogP contribution in [0.5, 0.6) is 0 Å². The lowest BCUT2D eigenvalue weighted by molar-refractivity contribution is -0.144. The summed E-state index contributed by atoms with van der Waals surface area (Å²) in [7, 11) is 1.29. The van der Waals surface area contributed by atoms with E-state index in [-0.39, 0.29) is 5.91 Å². The van der Waals surface area contributed by atoms with Crippen LogP contribution in [0, 0.1) is 0 Å². The Balaban J connectivity index is 3.75. The van der Waals surface area contributed by atoms with Crippen LogP contribution in [0.4, 0.5) is 0 Å². The predicted molar refractivity (Wildman–Crippen MR) is 48.0 cm³/mol. The molecule has 4 nitrogen and oxygen atoms in total. The zero-order chi connectivity index (χ0) is 9.56. The van der Waals surface area contributed by atoms with Gasteiger partial charge in [0.1, 0.15) is 6.04 Å². The third-order valence-corrected chi connectivity index (χ3v) is 1.65. The standard InChI is InChI=1S/C7H12BrNO3/c1-5(7(11)12-2)9-6(10)3-4-8/h5H,3-4H2,1-2H3,(H,9,10). The van der Waals surface area contributed by atoms with E-state index < -0.39 is 12.0 Å². The summed E-state index contributed by atoms with van der Waals surface area (Å²) in [6.45, 7) is 1.58. The molecule has 0 rings (SSSR count). The molecule has 0 saturated heterocycles. The quantitative estimate of drug-likeness (QED) is 0.571. The SMILES string of the molecule is COC(=O)C(C)NC(=O)CCBr. The van der Waals surface area contributed by atoms with E-state index in [1.807, 2.05) is 0 Å². The number of ether oxygens (including phenoxy) is 1. The van der Waals surface area contributed by atoms with Crippen LogP contribution >= 0.6 is 15.9 Å². The Hall–Kier alpha value is -0.580. The Morgan fingerprint density at radius 2 is 2.17 bits per heavy atom. The van der Waals surface area contributed by atoms with E-state index in [9.17, 15) is 9.59 Å². The molecule has 0 fully saturated rings. The van der Waals surface area contributed by atoms with Crippen LogP contribution in [0.3, 0.4) is 0 Å². The molecule has 0 spiro atoms. The highest BCUT2D eigenvalue weighted by molar-refractivity contribution is 9.09. The normalized spacial score (nSPS) is 11.9. The molecule has 0 saturated carbocycles.